The first-order valence-corrected chi connectivity index (χ1v) is 24.9. The van der Waals surface area contributed by atoms with Gasteiger partial charge >= 0.3 is 0 Å². The van der Waals surface area contributed by atoms with Gasteiger partial charge in [-0.2, -0.15) is 0 Å². The molecule has 12 atom stereocenters. The van der Waals surface area contributed by atoms with Crippen LogP contribution >= 0.6 is 0 Å². The Balaban J connectivity index is 0.000000235. The van der Waals surface area contributed by atoms with Gasteiger partial charge in [-0.05, 0) is 227 Å². The van der Waals surface area contributed by atoms with Crippen molar-refractivity contribution in [3.63, 3.8) is 0 Å². The van der Waals surface area contributed by atoms with Gasteiger partial charge in [0.05, 0.1) is 0 Å². The van der Waals surface area contributed by atoms with Crippen LogP contribution in [0, 0.1) is 58.2 Å². The Morgan fingerprint density at radius 1 is 0.597 bits per heavy atom. The number of hydrogen-bond donors (Lipinski definition) is 2. The van der Waals surface area contributed by atoms with Crippen molar-refractivity contribution in [3.8, 4) is 11.5 Å². The minimum absolute atomic E-state index is 0. The fourth-order valence-electron chi connectivity index (χ4n) is 15.5. The maximum Gasteiger partial charge on any atom is 0.115 e. The predicted octanol–water partition coefficient (Wildman–Crippen LogP) is 18.6. The molecular weight excluding hydrogens is 753 g/mol. The molecule has 2 N–H and O–H groups in total. The molecule has 352 valence electrons. The van der Waals surface area contributed by atoms with Gasteiger partial charge in [0.2, 0.25) is 0 Å². The number of phenolic OH excluding ortho intramolecular Hbond substituents is 2. The second-order valence-electron chi connectivity index (χ2n) is 21.4. The highest BCUT2D eigenvalue weighted by Gasteiger charge is 2.54. The number of fused-ring (bicyclic) bond motifs is 10. The zero-order valence-electron chi connectivity index (χ0n) is 38.4. The summed E-state index contributed by atoms with van der Waals surface area (Å²) in [5, 5.41) is 19.5. The summed E-state index contributed by atoms with van der Waals surface area (Å²) in [6, 6.07) is 12.2. The van der Waals surface area contributed by atoms with E-state index in [4.69, 9.17) is 0 Å². The molecule has 8 aliphatic rings. The molecule has 0 radical (unpaired) electrons. The maximum absolute atomic E-state index is 9.74. The van der Waals surface area contributed by atoms with Gasteiger partial charge in [-0.25, -0.2) is 0 Å². The van der Waals surface area contributed by atoms with E-state index in [-0.39, 0.29) is 29.7 Å². The van der Waals surface area contributed by atoms with Crippen molar-refractivity contribution < 1.29 is 10.2 Å². The molecule has 2 aromatic rings. The van der Waals surface area contributed by atoms with Gasteiger partial charge in [-0.1, -0.05) is 139 Å². The minimum Gasteiger partial charge on any atom is -0.508 e. The lowest BCUT2D eigenvalue weighted by Crippen LogP contribution is -2.42. The number of phenols is 2. The van der Waals surface area contributed by atoms with E-state index in [1.807, 2.05) is 24.3 Å². The molecule has 0 bridgehead atoms. The van der Waals surface area contributed by atoms with Crippen LogP contribution in [0.15, 0.2) is 59.7 Å². The third-order valence-corrected chi connectivity index (χ3v) is 19.0. The van der Waals surface area contributed by atoms with Crippen molar-refractivity contribution in [1.82, 2.24) is 0 Å². The quantitative estimate of drug-likeness (QED) is 0.296. The third-order valence-electron chi connectivity index (χ3n) is 19.0. The summed E-state index contributed by atoms with van der Waals surface area (Å²) in [5.41, 5.74) is 10.4. The first-order chi connectivity index (χ1) is 27.9. The van der Waals surface area contributed by atoms with E-state index >= 15 is 0 Å². The minimum atomic E-state index is 0. The number of allylic oxidation sites excluding steroid dienone is 4. The molecule has 0 saturated heterocycles. The highest BCUT2D eigenvalue weighted by Crippen LogP contribution is 2.64. The summed E-state index contributed by atoms with van der Waals surface area (Å²) in [7, 11) is 0. The molecule has 10 rings (SSSR count). The Morgan fingerprint density at radius 3 is 1.66 bits per heavy atom. The smallest absolute Gasteiger partial charge is 0.115 e. The molecule has 0 aromatic heterocycles. The molecule has 0 aliphatic heterocycles. The summed E-state index contributed by atoms with van der Waals surface area (Å²) in [6.07, 6.45) is 32.2. The molecule has 0 amide bonds. The van der Waals surface area contributed by atoms with E-state index in [0.29, 0.717) is 22.3 Å². The van der Waals surface area contributed by atoms with E-state index in [9.17, 15) is 10.2 Å². The van der Waals surface area contributed by atoms with Crippen LogP contribution in [0.5, 0.6) is 11.5 Å². The van der Waals surface area contributed by atoms with Crippen molar-refractivity contribution in [2.45, 2.75) is 225 Å². The van der Waals surface area contributed by atoms with Crippen LogP contribution in [0.4, 0.5) is 0 Å². The standard InChI is InChI=1S/C20H28O.C20H26O.C8H16.C8H14.4CH4/c2*1-3-14-5-9-19-18-7-4-13-12-15(21)6-8-16(13)17(18)10-11-20(14,19)2;2*1-3-8-6-4-5-7(8)2;;;;/h6,8,12,14,17-19,21H,3-5,7,9-11H2,1-2H3;3,6,8,12,17-19,21H,4-5,7,9-11H2,1-2H3;7-8H,3-6H2,1-2H3;3,7H,4-6H2,1-2H3;4*1H4/b;14-3-;;8-3-;;;;/t14-,17?,18?,19?,20+;17?,18?,19?,20-;7-,8+;7-;;;;/m0111..../s1. The fourth-order valence-corrected chi connectivity index (χ4v) is 15.5. The van der Waals surface area contributed by atoms with E-state index in [2.05, 4.69) is 79.7 Å². The first-order valence-electron chi connectivity index (χ1n) is 24.9. The largest absolute Gasteiger partial charge is 0.508 e. The SMILES string of the molecule is C.C.C.C.C/C=C1/CCC2C3CCc4cc(O)ccc4C3CC[C@]12C.C/C=C1/CCC[C@H]1C.CC[C@H]1CCC2C3CCc4cc(O)ccc4C3CC[C@@]21C.CC[C@H]1CCC[C@H]1C. The fraction of sp³-hybridized carbons (Fsp3) is 0.733. The van der Waals surface area contributed by atoms with Crippen molar-refractivity contribution in [2.24, 2.45) is 58.2 Å². The second-order valence-corrected chi connectivity index (χ2v) is 21.4. The third kappa shape index (κ3) is 10.6. The van der Waals surface area contributed by atoms with Crippen molar-refractivity contribution >= 4 is 0 Å². The molecule has 8 aliphatic carbocycles. The zero-order valence-corrected chi connectivity index (χ0v) is 38.4. The molecule has 2 heteroatoms. The van der Waals surface area contributed by atoms with Crippen molar-refractivity contribution in [3.05, 3.63) is 82.0 Å². The van der Waals surface area contributed by atoms with E-state index in [1.165, 1.54) is 133 Å². The van der Waals surface area contributed by atoms with Gasteiger partial charge in [0, 0.05) is 0 Å². The Morgan fingerprint density at radius 2 is 1.19 bits per heavy atom. The Kier molecular flexibility index (Phi) is 20.1. The molecule has 6 fully saturated rings. The lowest BCUT2D eigenvalue weighted by molar-refractivity contribution is 0.0273. The van der Waals surface area contributed by atoms with Crippen LogP contribution in [0.2, 0.25) is 0 Å². The number of aromatic hydroxyl groups is 2. The lowest BCUT2D eigenvalue weighted by atomic mass is 9.54. The van der Waals surface area contributed by atoms with E-state index in [0.717, 1.165) is 65.6 Å². The summed E-state index contributed by atoms with van der Waals surface area (Å²) >= 11 is 0. The Labute approximate surface area is 385 Å². The molecule has 62 heavy (non-hydrogen) atoms. The number of hydrogen-bond acceptors (Lipinski definition) is 2. The molecule has 6 unspecified atom stereocenters. The van der Waals surface area contributed by atoms with Crippen LogP contribution in [0.1, 0.15) is 235 Å². The highest BCUT2D eigenvalue weighted by atomic mass is 16.3. The van der Waals surface area contributed by atoms with E-state index in [1.54, 1.807) is 22.3 Å². The maximum atomic E-state index is 9.74. The van der Waals surface area contributed by atoms with Gasteiger partial charge in [-0.3, -0.25) is 0 Å². The van der Waals surface area contributed by atoms with Crippen LogP contribution in [0.25, 0.3) is 0 Å². The van der Waals surface area contributed by atoms with Gasteiger partial charge in [0.15, 0.2) is 0 Å². The summed E-state index contributed by atoms with van der Waals surface area (Å²) in [6.45, 7) is 18.9. The zero-order chi connectivity index (χ0) is 41.2. The van der Waals surface area contributed by atoms with E-state index < -0.39 is 0 Å². The number of benzene rings is 2. The van der Waals surface area contributed by atoms with Crippen molar-refractivity contribution in [1.29, 1.82) is 0 Å². The van der Waals surface area contributed by atoms with Gasteiger partial charge in [-0.15, -0.1) is 0 Å². The van der Waals surface area contributed by atoms with Crippen molar-refractivity contribution in [2.75, 3.05) is 0 Å². The molecule has 0 heterocycles. The Bertz CT molecular complexity index is 1750. The normalized spacial score (nSPS) is 36.8. The monoisotopic (exact) mass is 853 g/mol. The van der Waals surface area contributed by atoms with Gasteiger partial charge in [0.25, 0.3) is 0 Å². The van der Waals surface area contributed by atoms with Gasteiger partial charge in [0.1, 0.15) is 11.5 Å². The first kappa shape index (κ1) is 53.9. The van der Waals surface area contributed by atoms with Crippen LogP contribution in [-0.4, -0.2) is 10.2 Å². The van der Waals surface area contributed by atoms with Gasteiger partial charge < -0.3 is 10.2 Å². The topological polar surface area (TPSA) is 40.5 Å². The Hall–Kier alpha value is -2.48. The molecule has 6 saturated carbocycles. The van der Waals surface area contributed by atoms with Crippen LogP contribution in [0.3, 0.4) is 0 Å². The summed E-state index contributed by atoms with van der Waals surface area (Å²) < 4.78 is 0. The molecular formula is C60H100O2. The average Bonchev–Trinajstić information content (AvgIpc) is 4.02. The lowest BCUT2D eigenvalue weighted by Gasteiger charge is -2.51. The molecule has 2 nitrogen and oxygen atoms in total. The molecule has 2 aromatic carbocycles. The number of rotatable bonds is 2. The van der Waals surface area contributed by atoms with Crippen LogP contribution < -0.4 is 0 Å². The highest BCUT2D eigenvalue weighted by molar-refractivity contribution is 5.42. The van der Waals surface area contributed by atoms with Crippen LogP contribution in [-0.2, 0) is 12.8 Å². The summed E-state index contributed by atoms with van der Waals surface area (Å²) in [5.74, 6) is 9.92. The average molecular weight is 853 g/mol. The second kappa shape index (κ2) is 23.1. The molecule has 0 spiro atoms. The summed E-state index contributed by atoms with van der Waals surface area (Å²) in [4.78, 5) is 0. The predicted molar refractivity (Wildman–Crippen MR) is 273 cm³/mol. The number of aryl methyl sites for hydroxylation is 2.